The van der Waals surface area contributed by atoms with Crippen LogP contribution in [0.1, 0.15) is 12.0 Å². The van der Waals surface area contributed by atoms with Crippen molar-refractivity contribution >= 4 is 28.8 Å². The molecule has 2 N–H and O–H groups in total. The summed E-state index contributed by atoms with van der Waals surface area (Å²) in [5.74, 6) is 0. The molecule has 4 heteroatoms. The highest BCUT2D eigenvalue weighted by Crippen LogP contribution is 2.16. The summed E-state index contributed by atoms with van der Waals surface area (Å²) in [5.41, 5.74) is 6.57. The molecule has 0 fully saturated rings. The lowest BCUT2D eigenvalue weighted by Crippen LogP contribution is -2.23. The van der Waals surface area contributed by atoms with Gasteiger partial charge in [0.25, 0.3) is 0 Å². The maximum absolute atomic E-state index is 6.05. The Hall–Kier alpha value is -0.640. The van der Waals surface area contributed by atoms with Crippen LogP contribution in [0.5, 0.6) is 0 Å². The standard InChI is InChI=1S/C11H15ClN2S/c1-14(7-6-11(13)15)8-9-4-2-3-5-10(9)12/h2-5H,6-8H2,1H3,(H2,13,15). The Kier molecular flexibility index (Phi) is 5.02. The van der Waals surface area contributed by atoms with Gasteiger partial charge in [-0.25, -0.2) is 0 Å². The summed E-state index contributed by atoms with van der Waals surface area (Å²) in [4.78, 5) is 2.71. The van der Waals surface area contributed by atoms with Crippen molar-refractivity contribution in [3.8, 4) is 0 Å². The lowest BCUT2D eigenvalue weighted by Gasteiger charge is -2.16. The quantitative estimate of drug-likeness (QED) is 0.805. The molecule has 0 aliphatic heterocycles. The van der Waals surface area contributed by atoms with Gasteiger partial charge in [-0.3, -0.25) is 0 Å². The highest BCUT2D eigenvalue weighted by atomic mass is 35.5. The van der Waals surface area contributed by atoms with E-state index < -0.39 is 0 Å². The molecule has 1 aromatic carbocycles. The minimum Gasteiger partial charge on any atom is -0.393 e. The first-order chi connectivity index (χ1) is 7.09. The maximum atomic E-state index is 6.05. The molecule has 0 atom stereocenters. The van der Waals surface area contributed by atoms with Gasteiger partial charge in [-0.15, -0.1) is 0 Å². The molecule has 0 aromatic heterocycles. The van der Waals surface area contributed by atoms with Gasteiger partial charge in [0.2, 0.25) is 0 Å². The van der Waals surface area contributed by atoms with Gasteiger partial charge in [0.15, 0.2) is 0 Å². The molecule has 0 spiro atoms. The molecule has 2 nitrogen and oxygen atoms in total. The van der Waals surface area contributed by atoms with E-state index in [0.29, 0.717) is 4.99 Å². The van der Waals surface area contributed by atoms with Crippen LogP contribution in [0, 0.1) is 0 Å². The molecule has 0 radical (unpaired) electrons. The third-order valence-corrected chi connectivity index (χ3v) is 2.71. The molecule has 0 bridgehead atoms. The fraction of sp³-hybridized carbons (Fsp3) is 0.364. The number of thiocarbonyl (C=S) groups is 1. The Morgan fingerprint density at radius 1 is 1.47 bits per heavy atom. The zero-order chi connectivity index (χ0) is 11.3. The van der Waals surface area contributed by atoms with Crippen LogP contribution in [0.2, 0.25) is 5.02 Å². The average Bonchev–Trinajstić information content (AvgIpc) is 2.18. The zero-order valence-electron chi connectivity index (χ0n) is 8.74. The van der Waals surface area contributed by atoms with E-state index in [0.717, 1.165) is 30.1 Å². The summed E-state index contributed by atoms with van der Waals surface area (Å²) >= 11 is 10.9. The molecule has 0 saturated heterocycles. The van der Waals surface area contributed by atoms with Crippen LogP contribution in [0.3, 0.4) is 0 Å². The van der Waals surface area contributed by atoms with Crippen LogP contribution in [-0.4, -0.2) is 23.5 Å². The largest absolute Gasteiger partial charge is 0.393 e. The van der Waals surface area contributed by atoms with Crippen molar-refractivity contribution < 1.29 is 0 Å². The smallest absolute Gasteiger partial charge is 0.0740 e. The van der Waals surface area contributed by atoms with Gasteiger partial charge in [-0.2, -0.15) is 0 Å². The molecule has 82 valence electrons. The van der Waals surface area contributed by atoms with E-state index in [4.69, 9.17) is 29.6 Å². The Labute approximate surface area is 101 Å². The van der Waals surface area contributed by atoms with E-state index in [9.17, 15) is 0 Å². The molecule has 0 unspecified atom stereocenters. The molecule has 0 aliphatic rings. The van der Waals surface area contributed by atoms with Crippen molar-refractivity contribution in [3.63, 3.8) is 0 Å². The summed E-state index contributed by atoms with van der Waals surface area (Å²) < 4.78 is 0. The molecular formula is C11H15ClN2S. The third kappa shape index (κ3) is 4.60. The van der Waals surface area contributed by atoms with Crippen LogP contribution in [0.4, 0.5) is 0 Å². The number of hydrogen-bond acceptors (Lipinski definition) is 2. The SMILES string of the molecule is CN(CCC(N)=S)Cc1ccccc1Cl. The minimum absolute atomic E-state index is 0.556. The van der Waals surface area contributed by atoms with Crippen molar-refractivity contribution in [2.75, 3.05) is 13.6 Å². The second-order valence-corrected chi connectivity index (χ2v) is 4.48. The van der Waals surface area contributed by atoms with Gasteiger partial charge in [-0.05, 0) is 18.7 Å². The number of rotatable bonds is 5. The molecule has 0 saturated carbocycles. The van der Waals surface area contributed by atoms with Gasteiger partial charge in [0, 0.05) is 24.5 Å². The summed E-state index contributed by atoms with van der Waals surface area (Å²) in [6.45, 7) is 1.68. The number of halogens is 1. The second kappa shape index (κ2) is 6.05. The topological polar surface area (TPSA) is 29.3 Å². The van der Waals surface area contributed by atoms with Gasteiger partial charge < -0.3 is 10.6 Å². The number of nitrogens with zero attached hydrogens (tertiary/aromatic N) is 1. The number of hydrogen-bond donors (Lipinski definition) is 1. The van der Waals surface area contributed by atoms with Gasteiger partial charge in [0.05, 0.1) is 4.99 Å². The Morgan fingerprint density at radius 2 is 2.13 bits per heavy atom. The first-order valence-electron chi connectivity index (χ1n) is 4.80. The van der Waals surface area contributed by atoms with E-state index in [1.165, 1.54) is 0 Å². The highest BCUT2D eigenvalue weighted by molar-refractivity contribution is 7.80. The van der Waals surface area contributed by atoms with Crippen molar-refractivity contribution in [1.29, 1.82) is 0 Å². The van der Waals surface area contributed by atoms with Crippen LogP contribution in [0.15, 0.2) is 24.3 Å². The van der Waals surface area contributed by atoms with Crippen molar-refractivity contribution in [2.45, 2.75) is 13.0 Å². The Balaban J connectivity index is 2.47. The average molecular weight is 243 g/mol. The molecule has 0 heterocycles. The van der Waals surface area contributed by atoms with Crippen molar-refractivity contribution in [1.82, 2.24) is 4.90 Å². The summed E-state index contributed by atoms with van der Waals surface area (Å²) in [5, 5.41) is 0.805. The van der Waals surface area contributed by atoms with Crippen LogP contribution in [-0.2, 0) is 6.54 Å². The normalized spacial score (nSPS) is 10.6. The van der Waals surface area contributed by atoms with E-state index in [-0.39, 0.29) is 0 Å². The Bertz CT molecular complexity index is 341. The van der Waals surface area contributed by atoms with Crippen LogP contribution < -0.4 is 5.73 Å². The fourth-order valence-electron chi connectivity index (χ4n) is 1.30. The van der Waals surface area contributed by atoms with Crippen molar-refractivity contribution in [3.05, 3.63) is 34.9 Å². The maximum Gasteiger partial charge on any atom is 0.0740 e. The highest BCUT2D eigenvalue weighted by Gasteiger charge is 2.03. The van der Waals surface area contributed by atoms with Gasteiger partial charge in [0.1, 0.15) is 0 Å². The van der Waals surface area contributed by atoms with Gasteiger partial charge in [-0.1, -0.05) is 42.0 Å². The molecule has 1 aromatic rings. The minimum atomic E-state index is 0.556. The lowest BCUT2D eigenvalue weighted by atomic mass is 10.2. The van der Waals surface area contributed by atoms with Crippen molar-refractivity contribution in [2.24, 2.45) is 5.73 Å². The predicted molar refractivity (Wildman–Crippen MR) is 69.2 cm³/mol. The lowest BCUT2D eigenvalue weighted by molar-refractivity contribution is 0.337. The molecule has 0 aliphatic carbocycles. The van der Waals surface area contributed by atoms with E-state index in [2.05, 4.69) is 4.90 Å². The zero-order valence-corrected chi connectivity index (χ0v) is 10.3. The van der Waals surface area contributed by atoms with Crippen LogP contribution in [0.25, 0.3) is 0 Å². The predicted octanol–water partition coefficient (Wildman–Crippen LogP) is 2.45. The summed E-state index contributed by atoms with van der Waals surface area (Å²) in [6, 6.07) is 7.85. The van der Waals surface area contributed by atoms with E-state index >= 15 is 0 Å². The third-order valence-electron chi connectivity index (χ3n) is 2.14. The molecule has 1 rings (SSSR count). The molecular weight excluding hydrogens is 228 g/mol. The summed E-state index contributed by atoms with van der Waals surface area (Å²) in [7, 11) is 2.03. The van der Waals surface area contributed by atoms with E-state index in [1.54, 1.807) is 0 Å². The monoisotopic (exact) mass is 242 g/mol. The first-order valence-corrected chi connectivity index (χ1v) is 5.58. The molecule has 0 amide bonds. The van der Waals surface area contributed by atoms with Crippen LogP contribution >= 0.6 is 23.8 Å². The van der Waals surface area contributed by atoms with Gasteiger partial charge >= 0.3 is 0 Å². The first kappa shape index (κ1) is 12.4. The second-order valence-electron chi connectivity index (χ2n) is 3.55. The number of benzene rings is 1. The fourth-order valence-corrected chi connectivity index (χ4v) is 1.58. The summed E-state index contributed by atoms with van der Waals surface area (Å²) in [6.07, 6.45) is 0.746. The number of nitrogens with two attached hydrogens (primary N) is 1. The Morgan fingerprint density at radius 3 is 2.73 bits per heavy atom. The molecule has 15 heavy (non-hydrogen) atoms. The van der Waals surface area contributed by atoms with E-state index in [1.807, 2.05) is 31.3 Å².